The van der Waals surface area contributed by atoms with Gasteiger partial charge in [-0.05, 0) is 0 Å². The molecule has 0 unspecified atom stereocenters. The molecule has 0 aliphatic rings. The molecule has 3 nitrogen and oxygen atoms in total. The van der Waals surface area contributed by atoms with Gasteiger partial charge in [0.05, 0.1) is 0 Å². The van der Waals surface area contributed by atoms with Gasteiger partial charge in [-0.1, -0.05) is 41.9 Å². The molecule has 1 aromatic heterocycles. The lowest BCUT2D eigenvalue weighted by Gasteiger charge is -2.09. The van der Waals surface area contributed by atoms with Gasteiger partial charge in [0, 0.05) is 11.6 Å². The van der Waals surface area contributed by atoms with Gasteiger partial charge in [0.1, 0.15) is 5.15 Å². The Labute approximate surface area is 112 Å². The zero-order valence-electron chi connectivity index (χ0n) is 9.49. The number of hydrogen-bond donors (Lipinski definition) is 0. The number of ether oxygens (including phenoxy) is 1. The van der Waals surface area contributed by atoms with Crippen LogP contribution in [0.5, 0.6) is 5.88 Å². The number of halogens is 4. The Hall–Kier alpha value is -1.82. The van der Waals surface area contributed by atoms with Crippen LogP contribution in [-0.2, 0) is 0 Å². The molecule has 0 aliphatic heterocycles. The van der Waals surface area contributed by atoms with Gasteiger partial charge in [-0.3, -0.25) is 0 Å². The molecule has 1 heterocycles. The first-order valence-corrected chi connectivity index (χ1v) is 5.61. The molecule has 0 saturated heterocycles. The minimum atomic E-state index is -4.43. The molecule has 100 valence electrons. The smallest absolute Gasteiger partial charge is 0.422 e. The highest BCUT2D eigenvalue weighted by atomic mass is 35.5. The summed E-state index contributed by atoms with van der Waals surface area (Å²) >= 11 is 5.74. The van der Waals surface area contributed by atoms with Crippen LogP contribution in [-0.4, -0.2) is 22.8 Å². The summed E-state index contributed by atoms with van der Waals surface area (Å²) in [5, 5.41) is 0.0195. The van der Waals surface area contributed by atoms with Crippen LogP contribution < -0.4 is 4.74 Å². The first-order valence-electron chi connectivity index (χ1n) is 5.23. The lowest BCUT2D eigenvalue weighted by molar-refractivity contribution is -0.154. The van der Waals surface area contributed by atoms with Crippen LogP contribution in [0.3, 0.4) is 0 Å². The lowest BCUT2D eigenvalue weighted by Crippen LogP contribution is -2.19. The normalized spacial score (nSPS) is 11.4. The van der Waals surface area contributed by atoms with Crippen LogP contribution >= 0.6 is 11.6 Å². The van der Waals surface area contributed by atoms with Crippen molar-refractivity contribution in [1.82, 2.24) is 9.97 Å². The Morgan fingerprint density at radius 1 is 1.11 bits per heavy atom. The third kappa shape index (κ3) is 4.10. The van der Waals surface area contributed by atoms with Crippen molar-refractivity contribution in [3.8, 4) is 17.3 Å². The number of aromatic nitrogens is 2. The second-order valence-corrected chi connectivity index (χ2v) is 4.01. The van der Waals surface area contributed by atoms with E-state index in [0.29, 0.717) is 5.56 Å². The fraction of sp³-hybridized carbons (Fsp3) is 0.167. The highest BCUT2D eigenvalue weighted by Gasteiger charge is 2.28. The summed E-state index contributed by atoms with van der Waals surface area (Å²) in [4.78, 5) is 7.83. The van der Waals surface area contributed by atoms with Crippen molar-refractivity contribution < 1.29 is 17.9 Å². The average molecular weight is 289 g/mol. The molecular formula is C12H8ClF3N2O. The molecule has 0 radical (unpaired) electrons. The highest BCUT2D eigenvalue weighted by Crippen LogP contribution is 2.23. The van der Waals surface area contributed by atoms with Gasteiger partial charge in [-0.25, -0.2) is 4.98 Å². The largest absolute Gasteiger partial charge is 0.468 e. The fourth-order valence-electron chi connectivity index (χ4n) is 1.34. The van der Waals surface area contributed by atoms with E-state index in [0.717, 1.165) is 6.07 Å². The monoisotopic (exact) mass is 288 g/mol. The molecule has 0 aliphatic carbocycles. The third-order valence-corrected chi connectivity index (χ3v) is 2.28. The van der Waals surface area contributed by atoms with Gasteiger partial charge in [0.15, 0.2) is 12.4 Å². The third-order valence-electron chi connectivity index (χ3n) is 2.09. The predicted octanol–water partition coefficient (Wildman–Crippen LogP) is 3.74. The zero-order chi connectivity index (χ0) is 13.9. The van der Waals surface area contributed by atoms with E-state index in [1.54, 1.807) is 30.3 Å². The molecule has 7 heteroatoms. The summed E-state index contributed by atoms with van der Waals surface area (Å²) in [5.41, 5.74) is 0.641. The van der Waals surface area contributed by atoms with E-state index in [9.17, 15) is 13.2 Å². The summed E-state index contributed by atoms with van der Waals surface area (Å²) in [7, 11) is 0. The van der Waals surface area contributed by atoms with Gasteiger partial charge in [0.2, 0.25) is 5.88 Å². The van der Waals surface area contributed by atoms with Crippen LogP contribution in [0, 0.1) is 0 Å². The predicted molar refractivity (Wildman–Crippen MR) is 64.0 cm³/mol. The quantitative estimate of drug-likeness (QED) is 0.807. The van der Waals surface area contributed by atoms with Gasteiger partial charge >= 0.3 is 6.18 Å². The molecule has 0 bridgehead atoms. The molecule has 19 heavy (non-hydrogen) atoms. The molecule has 0 fully saturated rings. The standard InChI is InChI=1S/C12H8ClF3N2O/c13-9-6-10(19-7-12(14,15)16)18-11(17-9)8-4-2-1-3-5-8/h1-6H,7H2. The molecule has 0 amide bonds. The highest BCUT2D eigenvalue weighted by molar-refractivity contribution is 6.29. The Kier molecular flexibility index (Phi) is 3.90. The first-order chi connectivity index (χ1) is 8.94. The first kappa shape index (κ1) is 13.6. The Morgan fingerprint density at radius 3 is 2.42 bits per heavy atom. The molecule has 0 atom stereocenters. The average Bonchev–Trinajstić information content (AvgIpc) is 2.36. The van der Waals surface area contributed by atoms with Crippen LogP contribution in [0.15, 0.2) is 36.4 Å². The SMILES string of the molecule is FC(F)(F)COc1cc(Cl)nc(-c2ccccc2)n1. The zero-order valence-corrected chi connectivity index (χ0v) is 10.2. The summed E-state index contributed by atoms with van der Waals surface area (Å²) in [6.07, 6.45) is -4.43. The summed E-state index contributed by atoms with van der Waals surface area (Å²) in [5.74, 6) is 0.00134. The summed E-state index contributed by atoms with van der Waals surface area (Å²) in [6, 6.07) is 9.90. The summed E-state index contributed by atoms with van der Waals surface area (Å²) < 4.78 is 40.7. The molecule has 0 N–H and O–H groups in total. The van der Waals surface area contributed by atoms with E-state index in [1.807, 2.05) is 0 Å². The van der Waals surface area contributed by atoms with E-state index in [4.69, 9.17) is 11.6 Å². The minimum Gasteiger partial charge on any atom is -0.468 e. The van der Waals surface area contributed by atoms with Crippen molar-refractivity contribution in [1.29, 1.82) is 0 Å². The van der Waals surface area contributed by atoms with E-state index < -0.39 is 12.8 Å². The van der Waals surface area contributed by atoms with Crippen molar-refractivity contribution in [3.63, 3.8) is 0 Å². The number of hydrogen-bond acceptors (Lipinski definition) is 3. The lowest BCUT2D eigenvalue weighted by atomic mass is 10.2. The second kappa shape index (κ2) is 5.44. The van der Waals surface area contributed by atoms with Crippen LogP contribution in [0.25, 0.3) is 11.4 Å². The Bertz CT molecular complexity index is 561. The van der Waals surface area contributed by atoms with Gasteiger partial charge in [0.25, 0.3) is 0 Å². The van der Waals surface area contributed by atoms with Crippen molar-refractivity contribution in [2.24, 2.45) is 0 Å². The molecule has 2 rings (SSSR count). The minimum absolute atomic E-state index is 0.0195. The molecule has 0 saturated carbocycles. The molecular weight excluding hydrogens is 281 g/mol. The van der Waals surface area contributed by atoms with Crippen molar-refractivity contribution in [2.45, 2.75) is 6.18 Å². The van der Waals surface area contributed by atoms with Crippen molar-refractivity contribution >= 4 is 11.6 Å². The van der Waals surface area contributed by atoms with Crippen LogP contribution in [0.4, 0.5) is 13.2 Å². The number of alkyl halides is 3. The maximum absolute atomic E-state index is 12.1. The van der Waals surface area contributed by atoms with E-state index in [1.165, 1.54) is 0 Å². The maximum atomic E-state index is 12.1. The Morgan fingerprint density at radius 2 is 1.79 bits per heavy atom. The maximum Gasteiger partial charge on any atom is 0.422 e. The van der Waals surface area contributed by atoms with Crippen molar-refractivity contribution in [2.75, 3.05) is 6.61 Å². The van der Waals surface area contributed by atoms with Gasteiger partial charge in [-0.2, -0.15) is 18.2 Å². The van der Waals surface area contributed by atoms with E-state index in [2.05, 4.69) is 14.7 Å². The van der Waals surface area contributed by atoms with Crippen LogP contribution in [0.1, 0.15) is 0 Å². The van der Waals surface area contributed by atoms with Crippen LogP contribution in [0.2, 0.25) is 5.15 Å². The fourth-order valence-corrected chi connectivity index (χ4v) is 1.52. The van der Waals surface area contributed by atoms with Crippen molar-refractivity contribution in [3.05, 3.63) is 41.6 Å². The summed E-state index contributed by atoms with van der Waals surface area (Å²) in [6.45, 7) is -1.42. The molecule has 1 aromatic carbocycles. The van der Waals surface area contributed by atoms with Gasteiger partial charge < -0.3 is 4.74 Å². The number of rotatable bonds is 3. The number of nitrogens with zero attached hydrogens (tertiary/aromatic N) is 2. The van der Waals surface area contributed by atoms with E-state index in [-0.39, 0.29) is 16.9 Å². The molecule has 0 spiro atoms. The van der Waals surface area contributed by atoms with E-state index >= 15 is 0 Å². The molecule has 2 aromatic rings. The Balaban J connectivity index is 2.25. The second-order valence-electron chi connectivity index (χ2n) is 3.62. The van der Waals surface area contributed by atoms with Gasteiger partial charge in [-0.15, -0.1) is 0 Å². The topological polar surface area (TPSA) is 35.0 Å². The number of benzene rings is 1.